The van der Waals surface area contributed by atoms with Gasteiger partial charge in [0, 0.05) is 25.7 Å². The molecule has 36 heavy (non-hydrogen) atoms. The Labute approximate surface area is 209 Å². The average Bonchev–Trinajstić information content (AvgIpc) is 2.83. The van der Waals surface area contributed by atoms with Crippen molar-refractivity contribution in [3.8, 4) is 0 Å². The fourth-order valence-corrected chi connectivity index (χ4v) is 4.98. The Morgan fingerprint density at radius 3 is 2.61 bits per heavy atom. The molecular formula is C27H33F3N2O4. The molecule has 2 aromatic rings. The van der Waals surface area contributed by atoms with E-state index in [2.05, 4.69) is 5.32 Å². The van der Waals surface area contributed by atoms with Crippen LogP contribution in [0.1, 0.15) is 36.0 Å². The van der Waals surface area contributed by atoms with Gasteiger partial charge in [0.05, 0.1) is 43.5 Å². The number of hydrogen-bond donors (Lipinski definition) is 2. The fraction of sp³-hybridized carbons (Fsp3) is 0.519. The van der Waals surface area contributed by atoms with Gasteiger partial charge >= 0.3 is 6.18 Å². The normalized spacial score (nSPS) is 25.4. The maximum atomic E-state index is 13.2. The molecular weight excluding hydrogens is 473 g/mol. The number of nitrogens with zero attached hydrogens (tertiary/aromatic N) is 1. The predicted molar refractivity (Wildman–Crippen MR) is 128 cm³/mol. The number of aliphatic hydroxyl groups is 1. The third-order valence-electron chi connectivity index (χ3n) is 6.72. The van der Waals surface area contributed by atoms with Crippen molar-refractivity contribution in [2.45, 2.75) is 62.8 Å². The SMILES string of the molecule is O=C(C[C@@H]1CC[C@H]2[C@@H](COC[C@H](O)CN2Cc2cccc(C(F)(F)F)c2)O1)NCCc1ccccc1. The van der Waals surface area contributed by atoms with Crippen LogP contribution in [0.4, 0.5) is 13.2 Å². The van der Waals surface area contributed by atoms with Crippen molar-refractivity contribution in [1.82, 2.24) is 10.2 Å². The van der Waals surface area contributed by atoms with Gasteiger partial charge in [-0.1, -0.05) is 48.5 Å². The lowest BCUT2D eigenvalue weighted by Crippen LogP contribution is -2.55. The van der Waals surface area contributed by atoms with Gasteiger partial charge in [-0.25, -0.2) is 0 Å². The first-order valence-electron chi connectivity index (χ1n) is 12.4. The van der Waals surface area contributed by atoms with Gasteiger partial charge in [0.1, 0.15) is 0 Å². The van der Waals surface area contributed by atoms with Gasteiger partial charge in [0.15, 0.2) is 0 Å². The number of benzene rings is 2. The van der Waals surface area contributed by atoms with E-state index in [0.717, 1.165) is 24.1 Å². The molecule has 6 nitrogen and oxygen atoms in total. The average molecular weight is 507 g/mol. The third-order valence-corrected chi connectivity index (χ3v) is 6.72. The first-order chi connectivity index (χ1) is 17.3. The number of alkyl halides is 3. The highest BCUT2D eigenvalue weighted by Crippen LogP contribution is 2.32. The molecule has 0 bridgehead atoms. The van der Waals surface area contributed by atoms with E-state index < -0.39 is 17.8 Å². The molecule has 4 rings (SSSR count). The monoisotopic (exact) mass is 506 g/mol. The summed E-state index contributed by atoms with van der Waals surface area (Å²) in [4.78, 5) is 14.5. The van der Waals surface area contributed by atoms with Gasteiger partial charge in [-0.3, -0.25) is 9.69 Å². The number of nitrogens with one attached hydrogen (secondary N) is 1. The van der Waals surface area contributed by atoms with Crippen LogP contribution >= 0.6 is 0 Å². The summed E-state index contributed by atoms with van der Waals surface area (Å²) in [6.45, 7) is 1.46. The molecule has 2 aliphatic rings. The smallest absolute Gasteiger partial charge is 0.389 e. The van der Waals surface area contributed by atoms with Crippen LogP contribution in [0.25, 0.3) is 0 Å². The molecule has 0 saturated carbocycles. The van der Waals surface area contributed by atoms with Crippen molar-refractivity contribution < 1.29 is 32.5 Å². The quantitative estimate of drug-likeness (QED) is 0.601. The Balaban J connectivity index is 1.34. The maximum Gasteiger partial charge on any atom is 0.416 e. The highest BCUT2D eigenvalue weighted by Gasteiger charge is 2.38. The molecule has 0 radical (unpaired) electrons. The van der Waals surface area contributed by atoms with E-state index in [1.807, 2.05) is 35.2 Å². The molecule has 2 fully saturated rings. The van der Waals surface area contributed by atoms with Crippen molar-refractivity contribution in [1.29, 1.82) is 0 Å². The fourth-order valence-electron chi connectivity index (χ4n) is 4.98. The van der Waals surface area contributed by atoms with E-state index >= 15 is 0 Å². The molecule has 9 heteroatoms. The number of carbonyl (C=O) groups excluding carboxylic acids is 1. The Morgan fingerprint density at radius 2 is 1.83 bits per heavy atom. The van der Waals surface area contributed by atoms with Crippen molar-refractivity contribution >= 4 is 5.91 Å². The van der Waals surface area contributed by atoms with Crippen LogP contribution in [0, 0.1) is 0 Å². The topological polar surface area (TPSA) is 71.0 Å². The zero-order valence-electron chi connectivity index (χ0n) is 20.1. The first-order valence-corrected chi connectivity index (χ1v) is 12.4. The van der Waals surface area contributed by atoms with Gasteiger partial charge in [0.2, 0.25) is 5.91 Å². The molecule has 2 saturated heterocycles. The molecule has 4 atom stereocenters. The molecule has 2 aromatic carbocycles. The van der Waals surface area contributed by atoms with Crippen LogP contribution in [0.2, 0.25) is 0 Å². The van der Waals surface area contributed by atoms with E-state index in [0.29, 0.717) is 24.9 Å². The molecule has 2 heterocycles. The summed E-state index contributed by atoms with van der Waals surface area (Å²) in [5.74, 6) is -0.0719. The van der Waals surface area contributed by atoms with Crippen molar-refractivity contribution in [3.63, 3.8) is 0 Å². The van der Waals surface area contributed by atoms with Crippen LogP contribution in [-0.4, -0.2) is 66.6 Å². The number of amides is 1. The molecule has 1 amide bonds. The minimum Gasteiger partial charge on any atom is -0.389 e. The second kappa shape index (κ2) is 12.2. The summed E-state index contributed by atoms with van der Waals surface area (Å²) in [6, 6.07) is 15.1. The lowest BCUT2D eigenvalue weighted by atomic mass is 9.94. The van der Waals surface area contributed by atoms with Crippen molar-refractivity contribution in [2.75, 3.05) is 26.3 Å². The lowest BCUT2D eigenvalue weighted by Gasteiger charge is -2.44. The van der Waals surface area contributed by atoms with Crippen LogP contribution < -0.4 is 5.32 Å². The zero-order valence-corrected chi connectivity index (χ0v) is 20.1. The molecule has 0 spiro atoms. The van der Waals surface area contributed by atoms with Crippen molar-refractivity contribution in [3.05, 3.63) is 71.3 Å². The summed E-state index contributed by atoms with van der Waals surface area (Å²) in [5.41, 5.74) is 0.993. The second-order valence-electron chi connectivity index (χ2n) is 9.55. The number of halogens is 3. The number of hydrogen-bond acceptors (Lipinski definition) is 5. The standard InChI is InChI=1S/C27H33F3N2O4/c28-27(29,30)21-8-4-7-20(13-21)15-32-16-22(33)17-35-18-25-24(32)10-9-23(36-25)14-26(34)31-12-11-19-5-2-1-3-6-19/h1-8,13,22-25,33H,9-12,14-18H2,(H,31,34)/t22-,23+,24+,25-/m1/s1. The van der Waals surface area contributed by atoms with Crippen molar-refractivity contribution in [2.24, 2.45) is 0 Å². The van der Waals surface area contributed by atoms with E-state index in [1.165, 1.54) is 6.07 Å². The minimum absolute atomic E-state index is 0.0719. The molecule has 196 valence electrons. The third kappa shape index (κ3) is 7.52. The number of aliphatic hydroxyl groups excluding tert-OH is 1. The lowest BCUT2D eigenvalue weighted by molar-refractivity contribution is -0.158. The predicted octanol–water partition coefficient (Wildman–Crippen LogP) is 3.56. The van der Waals surface area contributed by atoms with Gasteiger partial charge in [-0.05, 0) is 36.5 Å². The number of carbonyl (C=O) groups is 1. The Bertz CT molecular complexity index is 988. The molecule has 0 aromatic heterocycles. The van der Waals surface area contributed by atoms with Crippen LogP contribution in [0.15, 0.2) is 54.6 Å². The summed E-state index contributed by atoms with van der Waals surface area (Å²) < 4.78 is 51.4. The Hall–Kier alpha value is -2.46. The van der Waals surface area contributed by atoms with Gasteiger partial charge in [-0.2, -0.15) is 13.2 Å². The van der Waals surface area contributed by atoms with E-state index in [4.69, 9.17) is 9.47 Å². The van der Waals surface area contributed by atoms with Gasteiger partial charge in [-0.15, -0.1) is 0 Å². The van der Waals surface area contributed by atoms with Gasteiger partial charge < -0.3 is 19.9 Å². The molecule has 2 aliphatic heterocycles. The van der Waals surface area contributed by atoms with Crippen LogP contribution in [0.3, 0.4) is 0 Å². The molecule has 0 unspecified atom stereocenters. The number of rotatable bonds is 7. The highest BCUT2D eigenvalue weighted by molar-refractivity contribution is 5.76. The van der Waals surface area contributed by atoms with E-state index in [-0.39, 0.29) is 56.9 Å². The van der Waals surface area contributed by atoms with E-state index in [9.17, 15) is 23.1 Å². The van der Waals surface area contributed by atoms with Crippen LogP contribution in [-0.2, 0) is 33.4 Å². The number of fused-ring (bicyclic) bond motifs is 1. The maximum absolute atomic E-state index is 13.2. The Morgan fingerprint density at radius 1 is 1.06 bits per heavy atom. The molecule has 0 aliphatic carbocycles. The summed E-state index contributed by atoms with van der Waals surface area (Å²) in [6.07, 6.45) is -3.41. The number of β-amino-alcohol motifs (C(OH)–C–C–N with tert-alkyl or cyclic N) is 1. The summed E-state index contributed by atoms with van der Waals surface area (Å²) >= 11 is 0. The minimum atomic E-state index is -4.41. The first kappa shape index (κ1) is 26.6. The zero-order chi connectivity index (χ0) is 25.5. The molecule has 2 N–H and O–H groups in total. The summed E-state index contributed by atoms with van der Waals surface area (Å²) in [5, 5.41) is 13.3. The Kier molecular flexibility index (Phi) is 9.00. The summed E-state index contributed by atoms with van der Waals surface area (Å²) in [7, 11) is 0. The van der Waals surface area contributed by atoms with Gasteiger partial charge in [0.25, 0.3) is 0 Å². The number of ether oxygens (including phenoxy) is 2. The second-order valence-corrected chi connectivity index (χ2v) is 9.55. The van der Waals surface area contributed by atoms with Crippen LogP contribution in [0.5, 0.6) is 0 Å². The highest BCUT2D eigenvalue weighted by atomic mass is 19.4. The van der Waals surface area contributed by atoms with E-state index in [1.54, 1.807) is 6.07 Å². The largest absolute Gasteiger partial charge is 0.416 e.